The highest BCUT2D eigenvalue weighted by Gasteiger charge is 2.27. The second-order valence-electron chi connectivity index (χ2n) is 4.22. The van der Waals surface area contributed by atoms with Crippen molar-refractivity contribution >= 4 is 32.6 Å². The number of nitrogens with one attached hydrogen (secondary N) is 1. The molecule has 1 saturated carbocycles. The lowest BCUT2D eigenvalue weighted by molar-refractivity contribution is 0.570. The molecule has 0 amide bonds. The molecule has 0 spiro atoms. The zero-order chi connectivity index (χ0) is 11.1. The van der Waals surface area contributed by atoms with Gasteiger partial charge in [-0.25, -0.2) is 13.1 Å². The summed E-state index contributed by atoms with van der Waals surface area (Å²) >= 11 is 2.37. The first-order valence-corrected chi connectivity index (χ1v) is 8.85. The molecule has 1 fully saturated rings. The molecule has 0 unspecified atom stereocenters. The Labute approximate surface area is 107 Å². The van der Waals surface area contributed by atoms with E-state index in [9.17, 15) is 8.42 Å². The minimum absolute atomic E-state index is 0.348. The summed E-state index contributed by atoms with van der Waals surface area (Å²) in [5.74, 6) is 0.794. The minimum atomic E-state index is -2.96. The van der Waals surface area contributed by atoms with Gasteiger partial charge in [-0.05, 0) is 36.0 Å². The third kappa shape index (κ3) is 7.52. The van der Waals surface area contributed by atoms with Crippen LogP contribution in [0.1, 0.15) is 38.5 Å². The van der Waals surface area contributed by atoms with Crippen molar-refractivity contribution in [1.29, 1.82) is 0 Å². The topological polar surface area (TPSA) is 46.2 Å². The summed E-state index contributed by atoms with van der Waals surface area (Å²) in [5, 5.41) is 0. The average Bonchev–Trinajstić information content (AvgIpc) is 2.94. The molecule has 0 aromatic heterocycles. The van der Waals surface area contributed by atoms with Crippen LogP contribution in [0.3, 0.4) is 0 Å². The highest BCUT2D eigenvalue weighted by molar-refractivity contribution is 14.1. The van der Waals surface area contributed by atoms with Crippen molar-refractivity contribution < 1.29 is 8.42 Å². The Morgan fingerprint density at radius 1 is 1.13 bits per heavy atom. The first-order chi connectivity index (χ1) is 7.14. The molecule has 0 radical (unpaired) electrons. The number of unbranched alkanes of at least 4 members (excludes halogenated alkanes) is 3. The van der Waals surface area contributed by atoms with Crippen LogP contribution in [0.5, 0.6) is 0 Å². The van der Waals surface area contributed by atoms with Gasteiger partial charge in [-0.3, -0.25) is 0 Å². The summed E-state index contributed by atoms with van der Waals surface area (Å²) in [6.45, 7) is 0.621. The standard InChI is InChI=1S/C10H20INO2S/c11-7-3-1-2-4-8-12-15(13,14)9-10-5-6-10/h10,12H,1-9H2. The average molecular weight is 345 g/mol. The Hall–Kier alpha value is 0.640. The van der Waals surface area contributed by atoms with E-state index in [2.05, 4.69) is 27.3 Å². The van der Waals surface area contributed by atoms with Crippen molar-refractivity contribution in [3.05, 3.63) is 0 Å². The zero-order valence-electron chi connectivity index (χ0n) is 9.04. The molecule has 90 valence electrons. The summed E-state index contributed by atoms with van der Waals surface area (Å²) in [6, 6.07) is 0. The molecule has 0 saturated heterocycles. The normalized spacial score (nSPS) is 16.9. The van der Waals surface area contributed by atoms with Crippen molar-refractivity contribution in [3.8, 4) is 0 Å². The van der Waals surface area contributed by atoms with Gasteiger partial charge in [0.1, 0.15) is 0 Å². The van der Waals surface area contributed by atoms with E-state index >= 15 is 0 Å². The molecule has 0 heterocycles. The lowest BCUT2D eigenvalue weighted by Gasteiger charge is -2.05. The Kier molecular flexibility index (Phi) is 6.45. The van der Waals surface area contributed by atoms with Crippen LogP contribution >= 0.6 is 22.6 Å². The van der Waals surface area contributed by atoms with Crippen LogP contribution in [-0.4, -0.2) is 25.1 Å². The molecule has 15 heavy (non-hydrogen) atoms. The smallest absolute Gasteiger partial charge is 0.211 e. The number of halogens is 1. The van der Waals surface area contributed by atoms with Gasteiger partial charge in [0.25, 0.3) is 0 Å². The quantitative estimate of drug-likeness (QED) is 0.396. The summed E-state index contributed by atoms with van der Waals surface area (Å²) in [7, 11) is -2.96. The molecule has 0 atom stereocenters. The van der Waals surface area contributed by atoms with Crippen LogP contribution in [0.2, 0.25) is 0 Å². The van der Waals surface area contributed by atoms with Gasteiger partial charge in [0.05, 0.1) is 5.75 Å². The summed E-state index contributed by atoms with van der Waals surface area (Å²) in [4.78, 5) is 0. The fourth-order valence-electron chi connectivity index (χ4n) is 1.45. The Balaban J connectivity index is 1.98. The lowest BCUT2D eigenvalue weighted by Crippen LogP contribution is -2.28. The SMILES string of the molecule is O=S(=O)(CC1CC1)NCCCCCCI. The molecule has 1 aliphatic carbocycles. The van der Waals surface area contributed by atoms with E-state index in [0.29, 0.717) is 18.2 Å². The molecule has 0 aromatic rings. The lowest BCUT2D eigenvalue weighted by atomic mass is 10.2. The zero-order valence-corrected chi connectivity index (χ0v) is 12.0. The predicted octanol–water partition coefficient (Wildman–Crippen LogP) is 2.31. The Morgan fingerprint density at radius 2 is 1.80 bits per heavy atom. The van der Waals surface area contributed by atoms with E-state index in [4.69, 9.17) is 0 Å². The van der Waals surface area contributed by atoms with Gasteiger partial charge >= 0.3 is 0 Å². The molecule has 3 nitrogen and oxygen atoms in total. The van der Waals surface area contributed by atoms with Crippen LogP contribution in [0.25, 0.3) is 0 Å². The molecule has 1 aliphatic rings. The van der Waals surface area contributed by atoms with Crippen LogP contribution in [0.4, 0.5) is 0 Å². The second kappa shape index (κ2) is 7.06. The maximum absolute atomic E-state index is 11.5. The third-order valence-corrected chi connectivity index (χ3v) is 4.85. The highest BCUT2D eigenvalue weighted by Crippen LogP contribution is 2.29. The number of hydrogen-bond donors (Lipinski definition) is 1. The first kappa shape index (κ1) is 13.7. The van der Waals surface area contributed by atoms with Gasteiger partial charge in [0.15, 0.2) is 0 Å². The molecule has 1 rings (SSSR count). The van der Waals surface area contributed by atoms with E-state index in [-0.39, 0.29) is 0 Å². The van der Waals surface area contributed by atoms with Gasteiger partial charge in [-0.1, -0.05) is 35.4 Å². The van der Waals surface area contributed by atoms with Crippen molar-refractivity contribution in [2.45, 2.75) is 38.5 Å². The van der Waals surface area contributed by atoms with Gasteiger partial charge in [-0.15, -0.1) is 0 Å². The second-order valence-corrected chi connectivity index (χ2v) is 7.15. The molecular formula is C10H20INO2S. The van der Waals surface area contributed by atoms with Crippen LogP contribution in [0, 0.1) is 5.92 Å². The molecule has 0 bridgehead atoms. The number of sulfonamides is 1. The molecule has 1 N–H and O–H groups in total. The largest absolute Gasteiger partial charge is 0.215 e. The first-order valence-electron chi connectivity index (χ1n) is 5.67. The Morgan fingerprint density at radius 3 is 2.40 bits per heavy atom. The van der Waals surface area contributed by atoms with Crippen molar-refractivity contribution in [3.63, 3.8) is 0 Å². The summed E-state index contributed by atoms with van der Waals surface area (Å²) in [6.07, 6.45) is 6.76. The molecular weight excluding hydrogens is 325 g/mol. The molecule has 0 aliphatic heterocycles. The van der Waals surface area contributed by atoms with E-state index in [1.807, 2.05) is 0 Å². The minimum Gasteiger partial charge on any atom is -0.215 e. The van der Waals surface area contributed by atoms with Gasteiger partial charge in [0, 0.05) is 6.54 Å². The third-order valence-electron chi connectivity index (χ3n) is 2.53. The van der Waals surface area contributed by atoms with Gasteiger partial charge < -0.3 is 0 Å². The molecule has 5 heteroatoms. The maximum atomic E-state index is 11.5. The van der Waals surface area contributed by atoms with Crippen molar-refractivity contribution in [1.82, 2.24) is 4.72 Å². The van der Waals surface area contributed by atoms with E-state index < -0.39 is 10.0 Å². The number of alkyl halides is 1. The maximum Gasteiger partial charge on any atom is 0.211 e. The van der Waals surface area contributed by atoms with Crippen LogP contribution < -0.4 is 4.72 Å². The summed E-state index contributed by atoms with van der Waals surface area (Å²) < 4.78 is 26.8. The van der Waals surface area contributed by atoms with E-state index in [1.54, 1.807) is 0 Å². The predicted molar refractivity (Wildman–Crippen MR) is 71.9 cm³/mol. The van der Waals surface area contributed by atoms with E-state index in [0.717, 1.165) is 25.7 Å². The summed E-state index contributed by atoms with van der Waals surface area (Å²) in [5.41, 5.74) is 0. The van der Waals surface area contributed by atoms with Crippen LogP contribution in [0.15, 0.2) is 0 Å². The number of rotatable bonds is 9. The monoisotopic (exact) mass is 345 g/mol. The fraction of sp³-hybridized carbons (Fsp3) is 1.00. The van der Waals surface area contributed by atoms with Gasteiger partial charge in [-0.2, -0.15) is 0 Å². The van der Waals surface area contributed by atoms with Crippen molar-refractivity contribution in [2.75, 3.05) is 16.7 Å². The number of hydrogen-bond acceptors (Lipinski definition) is 2. The highest BCUT2D eigenvalue weighted by atomic mass is 127. The Bertz CT molecular complexity index is 263. The van der Waals surface area contributed by atoms with E-state index in [1.165, 1.54) is 17.3 Å². The van der Waals surface area contributed by atoms with Crippen molar-refractivity contribution in [2.24, 2.45) is 5.92 Å². The molecule has 0 aromatic carbocycles. The van der Waals surface area contributed by atoms with Gasteiger partial charge in [0.2, 0.25) is 10.0 Å². The fourth-order valence-corrected chi connectivity index (χ4v) is 3.52. The van der Waals surface area contributed by atoms with Crippen LogP contribution in [-0.2, 0) is 10.0 Å².